The lowest BCUT2D eigenvalue weighted by molar-refractivity contribution is 0.188. The summed E-state index contributed by atoms with van der Waals surface area (Å²) in [5.74, 6) is 1.40. The van der Waals surface area contributed by atoms with E-state index in [2.05, 4.69) is 29.4 Å². The first-order valence-corrected chi connectivity index (χ1v) is 9.70. The molecule has 2 rings (SSSR count). The zero-order chi connectivity index (χ0) is 17.9. The Kier molecular flexibility index (Phi) is 11.8. The molecule has 148 valence electrons. The second-order valence-corrected chi connectivity index (χ2v) is 6.81. The van der Waals surface area contributed by atoms with Crippen LogP contribution in [0.25, 0.3) is 0 Å². The molecule has 1 aliphatic heterocycles. The number of hydrogen-bond acceptors (Lipinski definition) is 2. The van der Waals surface area contributed by atoms with Gasteiger partial charge in [0.15, 0.2) is 5.96 Å². The van der Waals surface area contributed by atoms with Crippen LogP contribution in [0, 0.1) is 11.7 Å². The topological polar surface area (TPSA) is 39.7 Å². The van der Waals surface area contributed by atoms with Gasteiger partial charge >= 0.3 is 0 Å². The normalized spacial score (nSPS) is 16.2. The molecule has 1 aromatic rings. The van der Waals surface area contributed by atoms with Crippen LogP contribution in [-0.4, -0.2) is 50.1 Å². The molecule has 6 heteroatoms. The number of guanidine groups is 1. The van der Waals surface area contributed by atoms with Crippen LogP contribution in [0.5, 0.6) is 0 Å². The van der Waals surface area contributed by atoms with E-state index in [1.807, 2.05) is 12.1 Å². The molecule has 0 spiro atoms. The standard InChI is InChI=1S/C20H33FN4.HI/c1-3-13-25-14-10-18(11-15-25)16-24-20(22-4-2)23-12-9-17-5-7-19(21)8-6-17;/h5-8,18H,3-4,9-16H2,1-2H3,(H2,22,23,24);1H. The zero-order valence-corrected chi connectivity index (χ0v) is 18.5. The summed E-state index contributed by atoms with van der Waals surface area (Å²) in [6.07, 6.45) is 4.60. The van der Waals surface area contributed by atoms with Crippen LogP contribution in [-0.2, 0) is 6.42 Å². The predicted octanol–water partition coefficient (Wildman–Crippen LogP) is 3.66. The lowest BCUT2D eigenvalue weighted by Crippen LogP contribution is -2.39. The third kappa shape index (κ3) is 8.66. The average molecular weight is 476 g/mol. The van der Waals surface area contributed by atoms with E-state index in [-0.39, 0.29) is 29.8 Å². The second kappa shape index (κ2) is 13.3. The first-order valence-electron chi connectivity index (χ1n) is 9.70. The van der Waals surface area contributed by atoms with E-state index < -0.39 is 0 Å². The lowest BCUT2D eigenvalue weighted by atomic mass is 9.97. The van der Waals surface area contributed by atoms with Crippen LogP contribution in [0.2, 0.25) is 0 Å². The first kappa shape index (κ1) is 23.1. The van der Waals surface area contributed by atoms with E-state index in [0.29, 0.717) is 5.92 Å². The maximum absolute atomic E-state index is 12.9. The largest absolute Gasteiger partial charge is 0.357 e. The molecule has 0 saturated carbocycles. The highest BCUT2D eigenvalue weighted by Crippen LogP contribution is 2.17. The molecule has 1 heterocycles. The SMILES string of the molecule is CCCN1CCC(CN=C(NCC)NCCc2ccc(F)cc2)CC1.I. The van der Waals surface area contributed by atoms with Gasteiger partial charge in [-0.1, -0.05) is 19.1 Å². The van der Waals surface area contributed by atoms with Crippen molar-refractivity contribution >= 4 is 29.9 Å². The maximum Gasteiger partial charge on any atom is 0.191 e. The Morgan fingerprint density at radius 2 is 1.85 bits per heavy atom. The van der Waals surface area contributed by atoms with E-state index in [4.69, 9.17) is 4.99 Å². The summed E-state index contributed by atoms with van der Waals surface area (Å²) >= 11 is 0. The Balaban J connectivity index is 0.00000338. The van der Waals surface area contributed by atoms with Crippen LogP contribution < -0.4 is 10.6 Å². The van der Waals surface area contributed by atoms with Crippen LogP contribution in [0.4, 0.5) is 4.39 Å². The third-order valence-electron chi connectivity index (χ3n) is 4.72. The predicted molar refractivity (Wildman–Crippen MR) is 119 cm³/mol. The first-order chi connectivity index (χ1) is 12.2. The molecule has 0 aliphatic carbocycles. The van der Waals surface area contributed by atoms with Crippen molar-refractivity contribution in [3.05, 3.63) is 35.6 Å². The van der Waals surface area contributed by atoms with Gasteiger partial charge in [0.25, 0.3) is 0 Å². The van der Waals surface area contributed by atoms with Gasteiger partial charge < -0.3 is 15.5 Å². The lowest BCUT2D eigenvalue weighted by Gasteiger charge is -2.31. The molecule has 0 radical (unpaired) electrons. The Morgan fingerprint density at radius 1 is 1.15 bits per heavy atom. The van der Waals surface area contributed by atoms with Gasteiger partial charge in [0.05, 0.1) is 0 Å². The van der Waals surface area contributed by atoms with Crippen LogP contribution in [0.15, 0.2) is 29.3 Å². The molecule has 1 fully saturated rings. The van der Waals surface area contributed by atoms with Crippen molar-refractivity contribution in [3.8, 4) is 0 Å². The number of rotatable bonds is 8. The number of halogens is 2. The highest BCUT2D eigenvalue weighted by Gasteiger charge is 2.18. The fourth-order valence-electron chi connectivity index (χ4n) is 3.25. The quantitative estimate of drug-likeness (QED) is 0.342. The second-order valence-electron chi connectivity index (χ2n) is 6.81. The van der Waals surface area contributed by atoms with Crippen molar-refractivity contribution in [2.45, 2.75) is 39.5 Å². The molecule has 0 amide bonds. The number of aliphatic imine (C=N–C) groups is 1. The number of nitrogens with one attached hydrogen (secondary N) is 2. The Morgan fingerprint density at radius 3 is 2.46 bits per heavy atom. The van der Waals surface area contributed by atoms with Crippen LogP contribution >= 0.6 is 24.0 Å². The van der Waals surface area contributed by atoms with Gasteiger partial charge in [0.1, 0.15) is 5.82 Å². The monoisotopic (exact) mass is 476 g/mol. The molecule has 2 N–H and O–H groups in total. The Bertz CT molecular complexity index is 513. The minimum Gasteiger partial charge on any atom is -0.357 e. The Labute approximate surface area is 175 Å². The van der Waals surface area contributed by atoms with Gasteiger partial charge in [-0.25, -0.2) is 4.39 Å². The van der Waals surface area contributed by atoms with Gasteiger partial charge in [-0.15, -0.1) is 24.0 Å². The number of benzene rings is 1. The molecule has 0 atom stereocenters. The minimum atomic E-state index is -0.184. The van der Waals surface area contributed by atoms with Crippen molar-refractivity contribution in [1.29, 1.82) is 0 Å². The van der Waals surface area contributed by atoms with Crippen molar-refractivity contribution in [3.63, 3.8) is 0 Å². The van der Waals surface area contributed by atoms with E-state index in [1.165, 1.54) is 51.0 Å². The average Bonchev–Trinajstić information content (AvgIpc) is 2.63. The number of likely N-dealkylation sites (tertiary alicyclic amines) is 1. The maximum atomic E-state index is 12.9. The molecular weight excluding hydrogens is 442 g/mol. The number of piperidine rings is 1. The van der Waals surface area contributed by atoms with E-state index in [9.17, 15) is 4.39 Å². The molecule has 0 unspecified atom stereocenters. The zero-order valence-electron chi connectivity index (χ0n) is 16.1. The summed E-state index contributed by atoms with van der Waals surface area (Å²) in [6, 6.07) is 6.70. The van der Waals surface area contributed by atoms with Crippen molar-refractivity contribution in [1.82, 2.24) is 15.5 Å². The summed E-state index contributed by atoms with van der Waals surface area (Å²) in [6.45, 7) is 10.5. The van der Waals surface area contributed by atoms with Crippen molar-refractivity contribution in [2.75, 3.05) is 39.3 Å². The highest BCUT2D eigenvalue weighted by molar-refractivity contribution is 14.0. The van der Waals surface area contributed by atoms with Gasteiger partial charge in [-0.2, -0.15) is 0 Å². The van der Waals surface area contributed by atoms with Crippen molar-refractivity contribution in [2.24, 2.45) is 10.9 Å². The van der Waals surface area contributed by atoms with E-state index >= 15 is 0 Å². The molecule has 4 nitrogen and oxygen atoms in total. The molecule has 1 saturated heterocycles. The van der Waals surface area contributed by atoms with Gasteiger partial charge in [-0.3, -0.25) is 4.99 Å². The molecule has 26 heavy (non-hydrogen) atoms. The summed E-state index contributed by atoms with van der Waals surface area (Å²) in [5, 5.41) is 6.70. The minimum absolute atomic E-state index is 0. The van der Waals surface area contributed by atoms with Gasteiger partial charge in [0.2, 0.25) is 0 Å². The molecule has 0 bridgehead atoms. The highest BCUT2D eigenvalue weighted by atomic mass is 127. The molecule has 1 aliphatic rings. The number of hydrogen-bond donors (Lipinski definition) is 2. The third-order valence-corrected chi connectivity index (χ3v) is 4.72. The van der Waals surface area contributed by atoms with E-state index in [0.717, 1.165) is 37.6 Å². The summed E-state index contributed by atoms with van der Waals surface area (Å²) in [5.41, 5.74) is 1.13. The summed E-state index contributed by atoms with van der Waals surface area (Å²) in [7, 11) is 0. The molecule has 1 aromatic carbocycles. The fraction of sp³-hybridized carbons (Fsp3) is 0.650. The van der Waals surface area contributed by atoms with E-state index in [1.54, 1.807) is 0 Å². The van der Waals surface area contributed by atoms with Crippen LogP contribution in [0.1, 0.15) is 38.7 Å². The summed E-state index contributed by atoms with van der Waals surface area (Å²) < 4.78 is 12.9. The summed E-state index contributed by atoms with van der Waals surface area (Å²) in [4.78, 5) is 7.33. The molecular formula is C20H34FIN4. The van der Waals surface area contributed by atoms with Crippen molar-refractivity contribution < 1.29 is 4.39 Å². The van der Waals surface area contributed by atoms with Gasteiger partial charge in [0, 0.05) is 19.6 Å². The molecule has 0 aromatic heterocycles. The van der Waals surface area contributed by atoms with Crippen LogP contribution in [0.3, 0.4) is 0 Å². The smallest absolute Gasteiger partial charge is 0.191 e. The Hall–Kier alpha value is -0.890. The fourth-order valence-corrected chi connectivity index (χ4v) is 3.25. The number of nitrogens with zero attached hydrogens (tertiary/aromatic N) is 2. The van der Waals surface area contributed by atoms with Gasteiger partial charge in [-0.05, 0) is 75.9 Å².